The Morgan fingerprint density at radius 3 is 2.57 bits per heavy atom. The van der Waals surface area contributed by atoms with Crippen molar-refractivity contribution in [3.8, 4) is 11.4 Å². The first-order valence-electron chi connectivity index (χ1n) is 4.31. The van der Waals surface area contributed by atoms with E-state index in [1.165, 1.54) is 0 Å². The summed E-state index contributed by atoms with van der Waals surface area (Å²) in [7, 11) is 1.84. The molecule has 74 valence electrons. The number of hydrogen-bond donors (Lipinski definition) is 1. The molecule has 0 saturated heterocycles. The van der Waals surface area contributed by atoms with Crippen molar-refractivity contribution in [1.29, 1.82) is 0 Å². The third-order valence-electron chi connectivity index (χ3n) is 2.20. The van der Waals surface area contributed by atoms with Gasteiger partial charge in [0.25, 0.3) is 0 Å². The minimum Gasteiger partial charge on any atom is -0.384 e. The first-order valence-corrected chi connectivity index (χ1v) is 5.19. The summed E-state index contributed by atoms with van der Waals surface area (Å²) in [6, 6.07) is 0. The Hall–Kier alpha value is -1.36. The van der Waals surface area contributed by atoms with Crippen LogP contribution in [0.3, 0.4) is 0 Å². The van der Waals surface area contributed by atoms with Crippen LogP contribution in [-0.2, 0) is 7.05 Å². The van der Waals surface area contributed by atoms with Gasteiger partial charge in [-0.1, -0.05) is 0 Å². The molecule has 5 heteroatoms. The number of aryl methyl sites for hydroxylation is 2. The van der Waals surface area contributed by atoms with Crippen molar-refractivity contribution in [1.82, 2.24) is 14.8 Å². The predicted octanol–water partition coefficient (Wildman–Crippen LogP) is 1.74. The van der Waals surface area contributed by atoms with E-state index >= 15 is 0 Å². The fourth-order valence-electron chi connectivity index (χ4n) is 1.36. The number of aromatic nitrogens is 3. The van der Waals surface area contributed by atoms with Gasteiger partial charge in [0.15, 0.2) is 0 Å². The van der Waals surface area contributed by atoms with E-state index in [-0.39, 0.29) is 0 Å². The lowest BCUT2D eigenvalue weighted by atomic mass is 10.2. The molecular weight excluding hydrogens is 196 g/mol. The summed E-state index contributed by atoms with van der Waals surface area (Å²) in [5.74, 6) is 0.700. The maximum atomic E-state index is 5.82. The van der Waals surface area contributed by atoms with Gasteiger partial charge in [-0.15, -0.1) is 11.3 Å². The maximum absolute atomic E-state index is 5.82. The Balaban J connectivity index is 2.57. The first-order chi connectivity index (χ1) is 6.59. The molecule has 4 nitrogen and oxygen atoms in total. The zero-order chi connectivity index (χ0) is 10.3. The van der Waals surface area contributed by atoms with E-state index in [1.807, 2.05) is 26.3 Å². The van der Waals surface area contributed by atoms with Crippen LogP contribution in [0.25, 0.3) is 11.4 Å². The average Bonchev–Trinajstić information content (AvgIpc) is 2.66. The molecule has 2 aromatic rings. The largest absolute Gasteiger partial charge is 0.384 e. The van der Waals surface area contributed by atoms with Gasteiger partial charge in [0, 0.05) is 18.0 Å². The smallest absolute Gasteiger partial charge is 0.124 e. The second-order valence-electron chi connectivity index (χ2n) is 3.23. The Kier molecular flexibility index (Phi) is 2.03. The molecule has 0 saturated carbocycles. The van der Waals surface area contributed by atoms with Crippen molar-refractivity contribution in [2.45, 2.75) is 13.8 Å². The molecule has 2 N–H and O–H groups in total. The molecular formula is C9H12N4S. The van der Waals surface area contributed by atoms with Crippen molar-refractivity contribution < 1.29 is 0 Å². The van der Waals surface area contributed by atoms with Crippen LogP contribution in [0.5, 0.6) is 0 Å². The highest BCUT2D eigenvalue weighted by atomic mass is 32.1. The summed E-state index contributed by atoms with van der Waals surface area (Å²) < 4.78 is 1.68. The van der Waals surface area contributed by atoms with Crippen molar-refractivity contribution in [3.63, 3.8) is 0 Å². The van der Waals surface area contributed by atoms with Crippen LogP contribution in [0.4, 0.5) is 5.82 Å². The predicted molar refractivity (Wildman–Crippen MR) is 58.2 cm³/mol. The normalized spacial score (nSPS) is 10.8. The fourth-order valence-corrected chi connectivity index (χ4v) is 1.96. The minimum absolute atomic E-state index is 0.700. The number of rotatable bonds is 1. The summed E-state index contributed by atoms with van der Waals surface area (Å²) in [6.45, 7) is 3.95. The lowest BCUT2D eigenvalue weighted by Gasteiger charge is -1.92. The van der Waals surface area contributed by atoms with Crippen molar-refractivity contribution in [2.75, 3.05) is 5.73 Å². The standard InChI is InChI=1S/C9H12N4S/c1-5-8(12-13(3)9(5)10)7-4-14-6(2)11-7/h4H,10H2,1-3H3. The molecule has 2 heterocycles. The quantitative estimate of drug-likeness (QED) is 0.776. The summed E-state index contributed by atoms with van der Waals surface area (Å²) in [5.41, 5.74) is 8.62. The highest BCUT2D eigenvalue weighted by molar-refractivity contribution is 7.09. The number of thiazole rings is 1. The van der Waals surface area contributed by atoms with E-state index in [0.29, 0.717) is 5.82 Å². The minimum atomic E-state index is 0.700. The third kappa shape index (κ3) is 1.29. The molecule has 0 unspecified atom stereocenters. The molecule has 0 aromatic carbocycles. The van der Waals surface area contributed by atoms with Crippen LogP contribution in [0, 0.1) is 13.8 Å². The SMILES string of the molecule is Cc1nc(-c2nn(C)c(N)c2C)cs1. The van der Waals surface area contributed by atoms with Gasteiger partial charge in [0.1, 0.15) is 17.2 Å². The lowest BCUT2D eigenvalue weighted by molar-refractivity contribution is 0.781. The number of nitrogens with zero attached hydrogens (tertiary/aromatic N) is 3. The fraction of sp³-hybridized carbons (Fsp3) is 0.333. The average molecular weight is 208 g/mol. The van der Waals surface area contributed by atoms with E-state index < -0.39 is 0 Å². The van der Waals surface area contributed by atoms with E-state index in [1.54, 1.807) is 16.0 Å². The van der Waals surface area contributed by atoms with Crippen LogP contribution >= 0.6 is 11.3 Å². The Morgan fingerprint density at radius 1 is 1.43 bits per heavy atom. The van der Waals surface area contributed by atoms with Gasteiger partial charge in [0.05, 0.1) is 5.01 Å². The van der Waals surface area contributed by atoms with E-state index in [4.69, 9.17) is 5.73 Å². The molecule has 0 bridgehead atoms. The molecule has 0 amide bonds. The lowest BCUT2D eigenvalue weighted by Crippen LogP contribution is -1.97. The summed E-state index contributed by atoms with van der Waals surface area (Å²) in [4.78, 5) is 4.38. The summed E-state index contributed by atoms with van der Waals surface area (Å²) in [5, 5.41) is 7.38. The molecule has 0 radical (unpaired) electrons. The molecule has 0 aliphatic carbocycles. The van der Waals surface area contributed by atoms with Crippen molar-refractivity contribution >= 4 is 17.2 Å². The Morgan fingerprint density at radius 2 is 2.14 bits per heavy atom. The second-order valence-corrected chi connectivity index (χ2v) is 4.30. The number of hydrogen-bond acceptors (Lipinski definition) is 4. The van der Waals surface area contributed by atoms with Crippen LogP contribution in [0.1, 0.15) is 10.6 Å². The van der Waals surface area contributed by atoms with Gasteiger partial charge in [-0.25, -0.2) is 4.98 Å². The van der Waals surface area contributed by atoms with E-state index in [2.05, 4.69) is 10.1 Å². The third-order valence-corrected chi connectivity index (χ3v) is 2.97. The molecule has 2 aromatic heterocycles. The highest BCUT2D eigenvalue weighted by Gasteiger charge is 2.13. The topological polar surface area (TPSA) is 56.7 Å². The highest BCUT2D eigenvalue weighted by Crippen LogP contribution is 2.26. The van der Waals surface area contributed by atoms with Crippen molar-refractivity contribution in [2.24, 2.45) is 7.05 Å². The van der Waals surface area contributed by atoms with Gasteiger partial charge in [-0.3, -0.25) is 4.68 Å². The Bertz CT molecular complexity index is 469. The van der Waals surface area contributed by atoms with Crippen LogP contribution in [0.2, 0.25) is 0 Å². The molecule has 0 spiro atoms. The Labute approximate surface area is 86.4 Å². The van der Waals surface area contributed by atoms with Gasteiger partial charge in [0.2, 0.25) is 0 Å². The van der Waals surface area contributed by atoms with E-state index in [0.717, 1.165) is 22.0 Å². The molecule has 0 aliphatic heterocycles. The monoisotopic (exact) mass is 208 g/mol. The number of nitrogens with two attached hydrogens (primary N) is 1. The van der Waals surface area contributed by atoms with Crippen LogP contribution in [0.15, 0.2) is 5.38 Å². The number of anilines is 1. The zero-order valence-corrected chi connectivity index (χ0v) is 9.22. The van der Waals surface area contributed by atoms with E-state index in [9.17, 15) is 0 Å². The van der Waals surface area contributed by atoms with Crippen LogP contribution in [-0.4, -0.2) is 14.8 Å². The molecule has 0 atom stereocenters. The second kappa shape index (κ2) is 3.09. The molecule has 0 aliphatic rings. The first kappa shape index (κ1) is 9.21. The van der Waals surface area contributed by atoms with Gasteiger partial charge in [-0.2, -0.15) is 5.10 Å². The molecule has 0 fully saturated rings. The zero-order valence-electron chi connectivity index (χ0n) is 8.40. The maximum Gasteiger partial charge on any atom is 0.124 e. The number of nitrogen functional groups attached to an aromatic ring is 1. The van der Waals surface area contributed by atoms with Gasteiger partial charge >= 0.3 is 0 Å². The molecule has 2 rings (SSSR count). The van der Waals surface area contributed by atoms with Crippen LogP contribution < -0.4 is 5.73 Å². The van der Waals surface area contributed by atoms with Crippen molar-refractivity contribution in [3.05, 3.63) is 16.0 Å². The van der Waals surface area contributed by atoms with Gasteiger partial charge in [-0.05, 0) is 13.8 Å². The summed E-state index contributed by atoms with van der Waals surface area (Å²) in [6.07, 6.45) is 0. The molecule has 14 heavy (non-hydrogen) atoms. The summed E-state index contributed by atoms with van der Waals surface area (Å²) >= 11 is 1.62. The van der Waals surface area contributed by atoms with Gasteiger partial charge < -0.3 is 5.73 Å².